The molecule has 2 fully saturated rings. The minimum Gasteiger partial charge on any atom is -0.475 e. The van der Waals surface area contributed by atoms with Crippen LogP contribution in [0, 0.1) is 17.2 Å². The summed E-state index contributed by atoms with van der Waals surface area (Å²) in [6.07, 6.45) is 4.11. The number of fused-ring (bicyclic) bond motifs is 1. The van der Waals surface area contributed by atoms with Crippen LogP contribution in [0.5, 0.6) is 5.88 Å². The zero-order valence-electron chi connectivity index (χ0n) is 27.9. The van der Waals surface area contributed by atoms with Crippen LogP contribution in [0.3, 0.4) is 0 Å². The van der Waals surface area contributed by atoms with Crippen molar-refractivity contribution in [3.8, 4) is 5.88 Å². The first kappa shape index (κ1) is 37.0. The summed E-state index contributed by atoms with van der Waals surface area (Å²) in [7, 11) is 0. The second-order valence-corrected chi connectivity index (χ2v) is 12.7. The van der Waals surface area contributed by atoms with E-state index in [0.717, 1.165) is 6.42 Å². The molecule has 0 radical (unpaired) electrons. The molecule has 3 aromatic heterocycles. The van der Waals surface area contributed by atoms with Crippen molar-refractivity contribution in [2.24, 2.45) is 16.8 Å². The number of aromatic nitrogens is 6. The highest BCUT2D eigenvalue weighted by Gasteiger charge is 2.55. The molecule has 8 atom stereocenters. The molecule has 2 aliphatic heterocycles. The van der Waals surface area contributed by atoms with E-state index in [0.29, 0.717) is 47.8 Å². The summed E-state index contributed by atoms with van der Waals surface area (Å²) in [5, 5.41) is 23.4. The Morgan fingerprint density at radius 1 is 1.11 bits per heavy atom. The van der Waals surface area contributed by atoms with E-state index < -0.39 is 30.2 Å². The number of alkyl halides is 2. The molecule has 260 valence electrons. The molecule has 17 heteroatoms. The smallest absolute Gasteiger partial charge is 0.262 e. The van der Waals surface area contributed by atoms with Gasteiger partial charge in [0.1, 0.15) is 18.0 Å². The number of thioether (sulfide) groups is 2. The maximum atomic E-state index is 14.8. The Bertz CT molecular complexity index is 1540. The number of ether oxygens (including phenoxy) is 4. The Balaban J connectivity index is 0.000000213. The average molecular weight is 699 g/mol. The van der Waals surface area contributed by atoms with Crippen LogP contribution in [0.15, 0.2) is 22.5 Å². The van der Waals surface area contributed by atoms with Crippen molar-refractivity contribution < 1.29 is 32.8 Å². The number of hydrogen-bond donors (Lipinski definition) is 3. The summed E-state index contributed by atoms with van der Waals surface area (Å²) in [5.41, 5.74) is 1.03. The lowest BCUT2D eigenvalue weighted by atomic mass is 9.95. The zero-order chi connectivity index (χ0) is 34.5. The molecule has 3 aromatic rings. The average Bonchev–Trinajstić information content (AvgIpc) is 3.84. The molecule has 3 N–H and O–H groups in total. The summed E-state index contributed by atoms with van der Waals surface area (Å²) in [5.74, 6) is -1.77. The standard InChI is InChI=1S/C15H21FN4O3S.C15H23FN4O2S/c1-5-9-8(3)11(16)15(21,23-9)10-7-17-12-13(22-6-2)18-14(24-4)19-20(10)12;1-5-10-8(3)11(16)12(22-10)9-7-18-13(19-9)14(21-6-2)20-15(17)23-4/h7-9,11,21H,5-6H2,1-4H3;7-8,10-12,17H,5-6H2,1-4H3,(H,18,19)/t8-,9-,11-,15+;8-,10-,11-,12+/m11/s1. The van der Waals surface area contributed by atoms with Crippen molar-refractivity contribution in [1.82, 2.24) is 29.5 Å². The fraction of sp³-hybridized carbons (Fsp3) is 0.667. The molecule has 13 nitrogen and oxygen atoms in total. The highest BCUT2D eigenvalue weighted by molar-refractivity contribution is 8.13. The third-order valence-electron chi connectivity index (χ3n) is 8.18. The van der Waals surface area contributed by atoms with Gasteiger partial charge in [0.2, 0.25) is 16.6 Å². The van der Waals surface area contributed by atoms with Crippen LogP contribution in [0.25, 0.3) is 5.65 Å². The third kappa shape index (κ3) is 7.58. The first-order valence-electron chi connectivity index (χ1n) is 15.6. The summed E-state index contributed by atoms with van der Waals surface area (Å²) in [4.78, 5) is 19.8. The number of H-pyrrole nitrogens is 1. The lowest BCUT2D eigenvalue weighted by molar-refractivity contribution is -0.227. The summed E-state index contributed by atoms with van der Waals surface area (Å²) in [6, 6.07) is 0. The van der Waals surface area contributed by atoms with Crippen LogP contribution in [-0.4, -0.2) is 96.0 Å². The minimum atomic E-state index is -2.09. The maximum Gasteiger partial charge on any atom is 0.262 e. The van der Waals surface area contributed by atoms with Crippen molar-refractivity contribution in [1.29, 1.82) is 5.41 Å². The molecule has 5 rings (SSSR count). The van der Waals surface area contributed by atoms with Crippen molar-refractivity contribution in [3.63, 3.8) is 0 Å². The number of rotatable bonds is 9. The summed E-state index contributed by atoms with van der Waals surface area (Å²) >= 11 is 2.52. The van der Waals surface area contributed by atoms with Gasteiger partial charge in [-0.25, -0.2) is 23.3 Å². The van der Waals surface area contributed by atoms with Crippen LogP contribution in [-0.2, 0) is 20.0 Å². The first-order valence-corrected chi connectivity index (χ1v) is 18.1. The van der Waals surface area contributed by atoms with E-state index in [1.54, 1.807) is 19.4 Å². The van der Waals surface area contributed by atoms with Crippen LogP contribution < -0.4 is 4.74 Å². The van der Waals surface area contributed by atoms with Crippen molar-refractivity contribution in [2.75, 3.05) is 25.7 Å². The molecule has 5 heterocycles. The van der Waals surface area contributed by atoms with E-state index in [-0.39, 0.29) is 34.9 Å². The van der Waals surface area contributed by atoms with Gasteiger partial charge in [-0.1, -0.05) is 51.2 Å². The van der Waals surface area contributed by atoms with Crippen LogP contribution in [0.4, 0.5) is 8.78 Å². The van der Waals surface area contributed by atoms with Gasteiger partial charge >= 0.3 is 0 Å². The van der Waals surface area contributed by atoms with Gasteiger partial charge in [0.15, 0.2) is 17.2 Å². The Hall–Kier alpha value is -2.86. The quantitative estimate of drug-likeness (QED) is 0.147. The number of aliphatic hydroxyl groups is 1. The van der Waals surface area contributed by atoms with Crippen molar-refractivity contribution in [3.05, 3.63) is 29.6 Å². The highest BCUT2D eigenvalue weighted by Crippen LogP contribution is 2.44. The van der Waals surface area contributed by atoms with Gasteiger partial charge in [-0.05, 0) is 39.2 Å². The van der Waals surface area contributed by atoms with E-state index in [2.05, 4.69) is 30.0 Å². The Morgan fingerprint density at radius 2 is 1.83 bits per heavy atom. The van der Waals surface area contributed by atoms with Crippen LogP contribution >= 0.6 is 23.5 Å². The van der Waals surface area contributed by atoms with E-state index in [4.69, 9.17) is 24.4 Å². The number of amidine groups is 1. The van der Waals surface area contributed by atoms with Gasteiger partial charge in [0.25, 0.3) is 11.8 Å². The summed E-state index contributed by atoms with van der Waals surface area (Å²) in [6.45, 7) is 11.9. The van der Waals surface area contributed by atoms with Gasteiger partial charge in [0.05, 0.1) is 43.5 Å². The van der Waals surface area contributed by atoms with Crippen LogP contribution in [0.2, 0.25) is 0 Å². The number of nitrogens with one attached hydrogen (secondary N) is 2. The van der Waals surface area contributed by atoms with Crippen molar-refractivity contribution >= 4 is 40.2 Å². The predicted molar refractivity (Wildman–Crippen MR) is 177 cm³/mol. The van der Waals surface area contributed by atoms with Gasteiger partial charge in [-0.15, -0.1) is 5.10 Å². The number of halogens is 2. The number of nitrogens with zero attached hydrogens (tertiary/aromatic N) is 6. The van der Waals surface area contributed by atoms with Gasteiger partial charge in [0, 0.05) is 11.8 Å². The van der Waals surface area contributed by atoms with Gasteiger partial charge in [-0.3, -0.25) is 5.41 Å². The fourth-order valence-corrected chi connectivity index (χ4v) is 6.12. The van der Waals surface area contributed by atoms with Crippen molar-refractivity contribution in [2.45, 2.75) is 96.0 Å². The molecular weight excluding hydrogens is 655 g/mol. The molecule has 0 saturated carbocycles. The van der Waals surface area contributed by atoms with E-state index in [1.807, 2.05) is 40.9 Å². The molecule has 0 unspecified atom stereocenters. The van der Waals surface area contributed by atoms with E-state index >= 15 is 0 Å². The predicted octanol–water partition coefficient (Wildman–Crippen LogP) is 5.49. The van der Waals surface area contributed by atoms with E-state index in [1.165, 1.54) is 34.2 Å². The minimum absolute atomic E-state index is 0.0913. The third-order valence-corrected chi connectivity index (χ3v) is 9.20. The molecule has 2 aliphatic rings. The lowest BCUT2D eigenvalue weighted by Crippen LogP contribution is -2.37. The largest absolute Gasteiger partial charge is 0.475 e. The molecule has 0 aromatic carbocycles. The monoisotopic (exact) mass is 698 g/mol. The molecule has 0 spiro atoms. The normalized spacial score (nSPS) is 29.2. The molecule has 0 bridgehead atoms. The highest BCUT2D eigenvalue weighted by atomic mass is 32.2. The molecule has 0 amide bonds. The first-order chi connectivity index (χ1) is 22.5. The zero-order valence-corrected chi connectivity index (χ0v) is 29.5. The SMILES string of the molecule is CCOC(=NC(=N)SC)c1ncc([C@@H]2O[C@H](CC)[C@@H](C)[C@H]2F)[nH]1.CCOc1nc(SC)nn2c([C@]3(O)O[C@H](CC)[C@@H](C)[C@H]3F)cnc12. The molecule has 47 heavy (non-hydrogen) atoms. The second-order valence-electron chi connectivity index (χ2n) is 11.1. The second kappa shape index (κ2) is 16.0. The number of aromatic amines is 1. The Morgan fingerprint density at radius 3 is 2.40 bits per heavy atom. The Labute approximate surface area is 281 Å². The molecule has 0 aliphatic carbocycles. The maximum absolute atomic E-state index is 14.8. The number of imidazole rings is 2. The topological polar surface area (TPSA) is 165 Å². The lowest BCUT2D eigenvalue weighted by Gasteiger charge is -2.24. The van der Waals surface area contributed by atoms with Gasteiger partial charge < -0.3 is 29.0 Å². The Kier molecular flexibility index (Phi) is 12.6. The van der Waals surface area contributed by atoms with Gasteiger partial charge in [-0.2, -0.15) is 9.98 Å². The fourth-order valence-electron chi connectivity index (χ4n) is 5.60. The van der Waals surface area contributed by atoms with Crippen LogP contribution in [0.1, 0.15) is 77.7 Å². The summed E-state index contributed by atoms with van der Waals surface area (Å²) < 4.78 is 53.0. The van der Waals surface area contributed by atoms with E-state index in [9.17, 15) is 13.9 Å². The molecule has 2 saturated heterocycles. The molecular formula is C30H44F2N8O5S2. The number of aliphatic imine (C=N–C) groups is 1. The number of hydrogen-bond acceptors (Lipinski definition) is 12.